The zero-order chi connectivity index (χ0) is 11.7. The minimum atomic E-state index is -0.876. The van der Waals surface area contributed by atoms with Crippen molar-refractivity contribution in [2.45, 2.75) is 38.8 Å². The van der Waals surface area contributed by atoms with Gasteiger partial charge in [-0.3, -0.25) is 4.98 Å². The van der Waals surface area contributed by atoms with Gasteiger partial charge in [-0.1, -0.05) is 0 Å². The maximum atomic E-state index is 9.93. The fraction of sp³-hybridized carbons (Fsp3) is 0.600. The Balaban J connectivity index is 2.87. The zero-order valence-corrected chi connectivity index (χ0v) is 9.57. The third kappa shape index (κ3) is 2.79. The molecule has 15 heavy (non-hydrogen) atoms. The highest BCUT2D eigenvalue weighted by Crippen LogP contribution is 2.24. The van der Waals surface area contributed by atoms with Gasteiger partial charge in [0.25, 0.3) is 0 Å². The van der Waals surface area contributed by atoms with Crippen molar-refractivity contribution in [2.75, 3.05) is 11.1 Å². The Morgan fingerprint density at radius 1 is 1.27 bits per heavy atom. The van der Waals surface area contributed by atoms with E-state index in [0.717, 1.165) is 0 Å². The number of aliphatic hydroxyl groups is 1. The van der Waals surface area contributed by atoms with Crippen molar-refractivity contribution in [3.05, 3.63) is 12.4 Å². The molecule has 0 atom stereocenters. The van der Waals surface area contributed by atoms with E-state index in [2.05, 4.69) is 15.3 Å². The Bertz CT molecular complexity index is 344. The molecule has 1 aromatic heterocycles. The molecule has 5 nitrogen and oxygen atoms in total. The van der Waals surface area contributed by atoms with Gasteiger partial charge >= 0.3 is 0 Å². The first-order chi connectivity index (χ1) is 6.72. The van der Waals surface area contributed by atoms with Crippen LogP contribution in [-0.2, 0) is 0 Å². The summed E-state index contributed by atoms with van der Waals surface area (Å²) in [5.41, 5.74) is 4.12. The van der Waals surface area contributed by atoms with Crippen LogP contribution in [0.3, 0.4) is 0 Å². The van der Waals surface area contributed by atoms with E-state index in [-0.39, 0.29) is 0 Å². The lowest BCUT2D eigenvalue weighted by Gasteiger charge is -2.38. The minimum absolute atomic E-state index is 0.353. The average Bonchev–Trinajstić information content (AvgIpc) is 2.00. The second kappa shape index (κ2) is 3.66. The quantitative estimate of drug-likeness (QED) is 0.693. The first-order valence-corrected chi connectivity index (χ1v) is 4.80. The molecule has 1 rings (SSSR count). The third-order valence-corrected chi connectivity index (χ3v) is 2.62. The molecule has 0 aromatic carbocycles. The summed E-state index contributed by atoms with van der Waals surface area (Å²) in [4.78, 5) is 7.98. The van der Waals surface area contributed by atoms with Gasteiger partial charge in [0.1, 0.15) is 11.6 Å². The first kappa shape index (κ1) is 11.7. The van der Waals surface area contributed by atoms with Crippen LogP contribution >= 0.6 is 0 Å². The van der Waals surface area contributed by atoms with Crippen LogP contribution in [0.5, 0.6) is 0 Å². The van der Waals surface area contributed by atoms with Crippen LogP contribution in [0.2, 0.25) is 0 Å². The van der Waals surface area contributed by atoms with Crippen molar-refractivity contribution in [2.24, 2.45) is 0 Å². The van der Waals surface area contributed by atoms with Crippen LogP contribution < -0.4 is 11.1 Å². The number of hydrogen-bond acceptors (Lipinski definition) is 5. The average molecular weight is 210 g/mol. The maximum absolute atomic E-state index is 9.93. The van der Waals surface area contributed by atoms with E-state index in [0.29, 0.717) is 11.6 Å². The van der Waals surface area contributed by atoms with Crippen LogP contribution in [-0.4, -0.2) is 26.2 Å². The summed E-state index contributed by atoms with van der Waals surface area (Å²) < 4.78 is 0. The zero-order valence-electron chi connectivity index (χ0n) is 9.57. The lowest BCUT2D eigenvalue weighted by atomic mass is 9.86. The molecule has 0 aliphatic carbocycles. The third-order valence-electron chi connectivity index (χ3n) is 2.62. The van der Waals surface area contributed by atoms with E-state index in [1.165, 1.54) is 6.20 Å². The molecule has 0 saturated carbocycles. The van der Waals surface area contributed by atoms with E-state index in [9.17, 15) is 5.11 Å². The normalized spacial score (nSPS) is 12.6. The molecule has 0 unspecified atom stereocenters. The monoisotopic (exact) mass is 210 g/mol. The van der Waals surface area contributed by atoms with Gasteiger partial charge in [-0.2, -0.15) is 0 Å². The van der Waals surface area contributed by atoms with E-state index >= 15 is 0 Å². The molecule has 0 aliphatic heterocycles. The molecular formula is C10H18N4O. The van der Waals surface area contributed by atoms with E-state index in [4.69, 9.17) is 5.73 Å². The lowest BCUT2D eigenvalue weighted by Crippen LogP contribution is -2.51. The van der Waals surface area contributed by atoms with Gasteiger partial charge in [-0.15, -0.1) is 0 Å². The second-order valence-corrected chi connectivity index (χ2v) is 4.64. The first-order valence-electron chi connectivity index (χ1n) is 4.80. The van der Waals surface area contributed by atoms with Crippen molar-refractivity contribution in [1.82, 2.24) is 9.97 Å². The minimum Gasteiger partial charge on any atom is -0.388 e. The number of nitrogens with two attached hydrogens (primary N) is 1. The summed E-state index contributed by atoms with van der Waals surface area (Å²) in [6.07, 6.45) is 3.05. The van der Waals surface area contributed by atoms with Crippen LogP contribution in [0.4, 0.5) is 11.6 Å². The molecule has 1 aromatic rings. The highest BCUT2D eigenvalue weighted by Gasteiger charge is 2.35. The number of anilines is 2. The number of rotatable bonds is 3. The largest absolute Gasteiger partial charge is 0.388 e. The van der Waals surface area contributed by atoms with Crippen LogP contribution in [0.1, 0.15) is 27.7 Å². The van der Waals surface area contributed by atoms with E-state index in [1.807, 2.05) is 13.8 Å². The topological polar surface area (TPSA) is 84.1 Å². The van der Waals surface area contributed by atoms with Gasteiger partial charge in [0.15, 0.2) is 0 Å². The van der Waals surface area contributed by atoms with E-state index < -0.39 is 11.1 Å². The predicted molar refractivity (Wildman–Crippen MR) is 60.4 cm³/mol. The molecule has 0 radical (unpaired) electrons. The summed E-state index contributed by atoms with van der Waals surface area (Å²) in [6, 6.07) is 0. The number of nitrogens with zero attached hydrogens (tertiary/aromatic N) is 2. The molecule has 4 N–H and O–H groups in total. The Kier molecular flexibility index (Phi) is 2.86. The molecule has 1 heterocycles. The molecule has 0 bridgehead atoms. The summed E-state index contributed by atoms with van der Waals surface area (Å²) in [7, 11) is 0. The number of hydrogen-bond donors (Lipinski definition) is 3. The number of nitrogen functional groups attached to an aromatic ring is 1. The molecule has 0 fully saturated rings. The fourth-order valence-electron chi connectivity index (χ4n) is 0.914. The van der Waals surface area contributed by atoms with Crippen molar-refractivity contribution >= 4 is 11.6 Å². The smallest absolute Gasteiger partial charge is 0.147 e. The van der Waals surface area contributed by atoms with Gasteiger partial charge in [-0.05, 0) is 27.7 Å². The molecule has 84 valence electrons. The number of nitrogens with one attached hydrogen (secondary N) is 1. The SMILES string of the molecule is CC(C)(O)C(C)(C)Nc1cncc(N)n1. The highest BCUT2D eigenvalue weighted by molar-refractivity contribution is 5.41. The second-order valence-electron chi connectivity index (χ2n) is 4.64. The fourth-order valence-corrected chi connectivity index (χ4v) is 0.914. The molecule has 0 spiro atoms. The van der Waals surface area contributed by atoms with Gasteiger partial charge in [0.05, 0.1) is 23.5 Å². The van der Waals surface area contributed by atoms with Crippen LogP contribution in [0.25, 0.3) is 0 Å². The predicted octanol–water partition coefficient (Wildman–Crippen LogP) is 1.02. The summed E-state index contributed by atoms with van der Waals surface area (Å²) in [6.45, 7) is 7.25. The Morgan fingerprint density at radius 3 is 2.33 bits per heavy atom. The molecule has 0 aliphatic rings. The maximum Gasteiger partial charge on any atom is 0.147 e. The summed E-state index contributed by atoms with van der Waals surface area (Å²) in [5.74, 6) is 0.911. The standard InChI is InChI=1S/C10H18N4O/c1-9(2,10(3,4)15)14-8-6-12-5-7(11)13-8/h5-6,15H,1-4H3,(H3,11,13,14). The molecule has 0 amide bonds. The lowest BCUT2D eigenvalue weighted by molar-refractivity contribution is 0.0238. The molecular weight excluding hydrogens is 192 g/mol. The van der Waals surface area contributed by atoms with Crippen LogP contribution in [0.15, 0.2) is 12.4 Å². The van der Waals surface area contributed by atoms with Crippen LogP contribution in [0, 0.1) is 0 Å². The Morgan fingerprint density at radius 2 is 1.87 bits per heavy atom. The van der Waals surface area contributed by atoms with E-state index in [1.54, 1.807) is 20.0 Å². The van der Waals surface area contributed by atoms with Crippen molar-refractivity contribution in [1.29, 1.82) is 0 Å². The van der Waals surface area contributed by atoms with Gasteiger partial charge in [0, 0.05) is 0 Å². The van der Waals surface area contributed by atoms with Crippen molar-refractivity contribution in [3.63, 3.8) is 0 Å². The summed E-state index contributed by atoms with van der Waals surface area (Å²) in [5, 5.41) is 13.0. The summed E-state index contributed by atoms with van der Waals surface area (Å²) >= 11 is 0. The van der Waals surface area contributed by atoms with Gasteiger partial charge in [0.2, 0.25) is 0 Å². The van der Waals surface area contributed by atoms with Gasteiger partial charge < -0.3 is 16.2 Å². The number of aromatic nitrogens is 2. The highest BCUT2D eigenvalue weighted by atomic mass is 16.3. The van der Waals surface area contributed by atoms with Crippen molar-refractivity contribution in [3.8, 4) is 0 Å². The Labute approximate surface area is 89.7 Å². The van der Waals surface area contributed by atoms with Crippen molar-refractivity contribution < 1.29 is 5.11 Å². The molecule has 0 saturated heterocycles. The Hall–Kier alpha value is -1.36. The molecule has 5 heteroatoms. The van der Waals surface area contributed by atoms with Gasteiger partial charge in [-0.25, -0.2) is 4.98 Å².